The molecule has 0 aromatic carbocycles. The van der Waals surface area contributed by atoms with Crippen LogP contribution in [0.5, 0.6) is 0 Å². The molecule has 0 bridgehead atoms. The summed E-state index contributed by atoms with van der Waals surface area (Å²) in [6.07, 6.45) is 40.1. The Labute approximate surface area is 443 Å². The van der Waals surface area contributed by atoms with Crippen LogP contribution in [-0.2, 0) is 38.1 Å². The summed E-state index contributed by atoms with van der Waals surface area (Å²) in [6, 6.07) is 0. The molecule has 0 radical (unpaired) electrons. The zero-order valence-corrected chi connectivity index (χ0v) is 35.1. The molecule has 0 aliphatic heterocycles. The first-order valence-electron chi connectivity index (χ1n) is 21.3. The molecular weight excluding hydrogens is 790 g/mol. The van der Waals surface area contributed by atoms with E-state index in [1.54, 1.807) is 0 Å². The molecule has 1 N–H and O–H groups in total. The fourth-order valence-electron chi connectivity index (χ4n) is 5.98. The van der Waals surface area contributed by atoms with Crippen LogP contribution in [-0.4, -0.2) is 173 Å². The van der Waals surface area contributed by atoms with Gasteiger partial charge in [0, 0.05) is 6.42 Å². The number of hydrogen-bond acceptors (Lipinski definition) is 8. The Bertz CT molecular complexity index is 944. The number of rotatable bonds is 39. The van der Waals surface area contributed by atoms with Crippen LogP contribution in [0.15, 0.2) is 0 Å². The molecule has 0 unspecified atom stereocenters. The molecule has 0 heterocycles. The number of carbonyl (C=O) groups is 1. The van der Waals surface area contributed by atoms with E-state index in [1.807, 2.05) is 0 Å². The van der Waals surface area contributed by atoms with Crippen LogP contribution in [0.2, 0.25) is 0 Å². The quantitative estimate of drug-likeness (QED) is 0.0364. The maximum absolute atomic E-state index is 11.7. The van der Waals surface area contributed by atoms with E-state index < -0.39 is 26.8 Å². The van der Waals surface area contributed by atoms with Gasteiger partial charge in [0.15, 0.2) is 0 Å². The monoisotopic (exact) mass is 874 g/mol. The molecule has 0 saturated carbocycles. The van der Waals surface area contributed by atoms with Crippen molar-refractivity contribution in [1.82, 2.24) is 0 Å². The second kappa shape index (κ2) is 52.7. The topological polar surface area (TPSA) is 133 Å². The van der Waals surface area contributed by atoms with Crippen molar-refractivity contribution in [2.75, 3.05) is 13.2 Å². The third kappa shape index (κ3) is 62.2. The molecule has 54 heavy (non-hydrogen) atoms. The Morgan fingerprint density at radius 2 is 0.630 bits per heavy atom. The van der Waals surface area contributed by atoms with Gasteiger partial charge in [0.05, 0.1) is 13.2 Å². The van der Waals surface area contributed by atoms with Crippen LogP contribution < -0.4 is 0 Å². The molecule has 0 amide bonds. The SMILES string of the molecule is CCCCCCCCCCCCCC(=O)OS(=O)(=O)O.CCCCCCCCCCCCCCOS(=O)(=O)OCCCCCCCCCCCC.[KH].[KH].[NaH]. The molecule has 0 aromatic rings. The van der Waals surface area contributed by atoms with Gasteiger partial charge in [-0.2, -0.15) is 16.8 Å². The van der Waals surface area contributed by atoms with E-state index in [4.69, 9.17) is 12.9 Å². The summed E-state index contributed by atoms with van der Waals surface area (Å²) < 4.78 is 66.0. The number of hydrogen-bond donors (Lipinski definition) is 1. The molecule has 9 nitrogen and oxygen atoms in total. The second-order valence-electron chi connectivity index (χ2n) is 14.3. The van der Waals surface area contributed by atoms with Crippen molar-refractivity contribution in [3.8, 4) is 0 Å². The molecule has 0 rings (SSSR count). The third-order valence-corrected chi connectivity index (χ3v) is 10.4. The van der Waals surface area contributed by atoms with Gasteiger partial charge in [-0.3, -0.25) is 9.35 Å². The Hall–Kier alpha value is 3.52. The van der Waals surface area contributed by atoms with E-state index in [-0.39, 0.29) is 152 Å². The molecule has 0 aliphatic carbocycles. The van der Waals surface area contributed by atoms with Gasteiger partial charge in [0.2, 0.25) is 0 Å². The minimum atomic E-state index is -4.64. The van der Waals surface area contributed by atoms with Crippen LogP contribution in [0.3, 0.4) is 0 Å². The molecule has 0 atom stereocenters. The summed E-state index contributed by atoms with van der Waals surface area (Å²) in [5.41, 5.74) is 0. The van der Waals surface area contributed by atoms with E-state index in [2.05, 4.69) is 25.0 Å². The van der Waals surface area contributed by atoms with E-state index in [9.17, 15) is 21.6 Å². The van der Waals surface area contributed by atoms with Crippen LogP contribution in [0.1, 0.15) is 239 Å². The Morgan fingerprint density at radius 1 is 0.407 bits per heavy atom. The standard InChI is InChI=1S/C26H54O4S.C14H28O5S.2K.Na.3H/c1-3-5-7-9-11-13-15-16-18-20-22-24-26-30-31(27,28)29-25-23-21-19-17-14-12-10-8-6-4-2;1-2-3-4-5-6-7-8-9-10-11-12-13-14(15)19-20(16,17)18;;;;;;/h3-26H2,1-2H3;2-13H2,1H3,(H,16,17,18);;;;;;. The first kappa shape index (κ1) is 66.6. The summed E-state index contributed by atoms with van der Waals surface area (Å²) in [4.78, 5) is 11.0. The van der Waals surface area contributed by atoms with Crippen LogP contribution >= 0.6 is 0 Å². The summed E-state index contributed by atoms with van der Waals surface area (Å²) in [6.45, 7) is 7.21. The molecule has 0 saturated heterocycles. The van der Waals surface area contributed by atoms with Gasteiger partial charge < -0.3 is 4.18 Å². The van der Waals surface area contributed by atoms with Crippen LogP contribution in [0.4, 0.5) is 0 Å². The summed E-state index contributed by atoms with van der Waals surface area (Å²) >= 11 is 0. The van der Waals surface area contributed by atoms with Crippen molar-refractivity contribution >= 4 is 159 Å². The predicted molar refractivity (Wildman–Crippen MR) is 234 cm³/mol. The maximum atomic E-state index is 11.7. The van der Waals surface area contributed by atoms with E-state index in [0.29, 0.717) is 6.42 Å². The van der Waals surface area contributed by atoms with Crippen molar-refractivity contribution in [2.45, 2.75) is 239 Å². The average molecular weight is 875 g/mol. The van der Waals surface area contributed by atoms with Gasteiger partial charge >= 0.3 is 159 Å². The normalized spacial score (nSPS) is 11.1. The van der Waals surface area contributed by atoms with Gasteiger partial charge in [-0.15, -0.1) is 0 Å². The first-order valence-corrected chi connectivity index (χ1v) is 24.0. The molecule has 0 aromatic heterocycles. The molecule has 314 valence electrons. The van der Waals surface area contributed by atoms with Crippen molar-refractivity contribution in [1.29, 1.82) is 0 Å². The van der Waals surface area contributed by atoms with Crippen molar-refractivity contribution < 1.29 is 38.7 Å². The number of unbranched alkanes of at least 4 members (excludes halogenated alkanes) is 30. The zero-order valence-electron chi connectivity index (χ0n) is 33.5. The van der Waals surface area contributed by atoms with Gasteiger partial charge in [0.25, 0.3) is 0 Å². The predicted octanol–water partition coefficient (Wildman–Crippen LogP) is 11.0. The first-order chi connectivity index (χ1) is 24.6. The van der Waals surface area contributed by atoms with Gasteiger partial charge in [0.1, 0.15) is 0 Å². The van der Waals surface area contributed by atoms with Gasteiger partial charge in [-0.25, -0.2) is 8.37 Å². The fourth-order valence-corrected chi connectivity index (χ4v) is 7.01. The second-order valence-corrected chi connectivity index (χ2v) is 16.6. The van der Waals surface area contributed by atoms with E-state index >= 15 is 0 Å². The Balaban J connectivity index is -0.000000304. The Morgan fingerprint density at radius 3 is 0.870 bits per heavy atom. The Kier molecular flexibility index (Phi) is 65.0. The molecule has 0 aliphatic rings. The van der Waals surface area contributed by atoms with Crippen LogP contribution in [0, 0.1) is 0 Å². The molecule has 0 fully saturated rings. The van der Waals surface area contributed by atoms with Crippen LogP contribution in [0.25, 0.3) is 0 Å². The third-order valence-electron chi connectivity index (χ3n) is 9.13. The van der Waals surface area contributed by atoms with Gasteiger partial charge in [-0.1, -0.05) is 213 Å². The molecule has 0 spiro atoms. The fraction of sp³-hybridized carbons (Fsp3) is 0.975. The minimum absolute atomic E-state index is 0. The van der Waals surface area contributed by atoms with Crippen molar-refractivity contribution in [3.63, 3.8) is 0 Å². The van der Waals surface area contributed by atoms with E-state index in [1.165, 1.54) is 154 Å². The molecule has 14 heteroatoms. The summed E-state index contributed by atoms with van der Waals surface area (Å²) in [5, 5.41) is 0. The number of carbonyl (C=O) groups excluding carboxylic acids is 1. The van der Waals surface area contributed by atoms with Gasteiger partial charge in [-0.05, 0) is 19.3 Å². The van der Waals surface area contributed by atoms with Crippen molar-refractivity contribution in [2.24, 2.45) is 0 Å². The molecular formula is C40H85K2NaO9S2. The summed E-state index contributed by atoms with van der Waals surface area (Å²) in [7, 11) is -8.44. The van der Waals surface area contributed by atoms with E-state index in [0.717, 1.165) is 51.4 Å². The van der Waals surface area contributed by atoms with Crippen molar-refractivity contribution in [3.05, 3.63) is 0 Å². The average Bonchev–Trinajstić information content (AvgIpc) is 3.07. The summed E-state index contributed by atoms with van der Waals surface area (Å²) in [5.74, 6) is -0.886. The zero-order chi connectivity index (χ0) is 38.2.